The van der Waals surface area contributed by atoms with E-state index in [2.05, 4.69) is 11.4 Å². The van der Waals surface area contributed by atoms with E-state index in [1.807, 2.05) is 38.1 Å². The summed E-state index contributed by atoms with van der Waals surface area (Å²) in [5.41, 5.74) is 1.77. The molecule has 1 aromatic carbocycles. The Morgan fingerprint density at radius 1 is 1.37 bits per heavy atom. The van der Waals surface area contributed by atoms with E-state index < -0.39 is 0 Å². The SMILES string of the molecule is CC(CO)C(C)NC(=O)Cc1ccccc1CC#N. The van der Waals surface area contributed by atoms with Gasteiger partial charge in [0.25, 0.3) is 0 Å². The number of aliphatic hydroxyl groups is 1. The Balaban J connectivity index is 2.65. The van der Waals surface area contributed by atoms with Gasteiger partial charge in [-0.2, -0.15) is 5.26 Å². The summed E-state index contributed by atoms with van der Waals surface area (Å²) in [6.07, 6.45) is 0.576. The first-order valence-corrected chi connectivity index (χ1v) is 6.42. The molecule has 102 valence electrons. The summed E-state index contributed by atoms with van der Waals surface area (Å²) < 4.78 is 0. The first kappa shape index (κ1) is 15.2. The van der Waals surface area contributed by atoms with Gasteiger partial charge in [-0.15, -0.1) is 0 Å². The van der Waals surface area contributed by atoms with Crippen LogP contribution in [0.3, 0.4) is 0 Å². The van der Waals surface area contributed by atoms with Crippen LogP contribution < -0.4 is 5.32 Å². The molecule has 0 saturated heterocycles. The lowest BCUT2D eigenvalue weighted by atomic mass is 10.0. The number of nitrogens with one attached hydrogen (secondary N) is 1. The van der Waals surface area contributed by atoms with Gasteiger partial charge in [0.1, 0.15) is 0 Å². The summed E-state index contributed by atoms with van der Waals surface area (Å²) in [7, 11) is 0. The molecular formula is C15H20N2O2. The largest absolute Gasteiger partial charge is 0.396 e. The van der Waals surface area contributed by atoms with Gasteiger partial charge in [-0.25, -0.2) is 0 Å². The molecule has 0 saturated carbocycles. The molecule has 1 aromatic rings. The molecular weight excluding hydrogens is 240 g/mol. The van der Waals surface area contributed by atoms with Crippen LogP contribution in [-0.4, -0.2) is 23.7 Å². The maximum atomic E-state index is 11.9. The summed E-state index contributed by atoms with van der Waals surface area (Å²) in [5.74, 6) is -0.0588. The van der Waals surface area contributed by atoms with E-state index in [1.165, 1.54) is 0 Å². The lowest BCUT2D eigenvalue weighted by molar-refractivity contribution is -0.121. The second-order valence-electron chi connectivity index (χ2n) is 4.80. The fourth-order valence-electron chi connectivity index (χ4n) is 1.77. The van der Waals surface area contributed by atoms with Crippen LogP contribution in [0.25, 0.3) is 0 Å². The van der Waals surface area contributed by atoms with Crippen LogP contribution in [0.1, 0.15) is 25.0 Å². The molecule has 1 rings (SSSR count). The van der Waals surface area contributed by atoms with E-state index in [-0.39, 0.29) is 30.9 Å². The molecule has 0 bridgehead atoms. The molecule has 2 atom stereocenters. The van der Waals surface area contributed by atoms with Gasteiger partial charge in [-0.3, -0.25) is 4.79 Å². The fourth-order valence-corrected chi connectivity index (χ4v) is 1.77. The number of amides is 1. The van der Waals surface area contributed by atoms with Crippen molar-refractivity contribution in [1.29, 1.82) is 5.26 Å². The van der Waals surface area contributed by atoms with Gasteiger partial charge >= 0.3 is 0 Å². The molecule has 0 heterocycles. The van der Waals surface area contributed by atoms with Crippen molar-refractivity contribution in [1.82, 2.24) is 5.32 Å². The van der Waals surface area contributed by atoms with Crippen molar-refractivity contribution >= 4 is 5.91 Å². The maximum absolute atomic E-state index is 11.9. The monoisotopic (exact) mass is 260 g/mol. The van der Waals surface area contributed by atoms with E-state index >= 15 is 0 Å². The van der Waals surface area contributed by atoms with Crippen LogP contribution >= 0.6 is 0 Å². The molecule has 0 aromatic heterocycles. The van der Waals surface area contributed by atoms with Crippen molar-refractivity contribution in [2.75, 3.05) is 6.61 Å². The standard InChI is InChI=1S/C15H20N2O2/c1-11(10-18)12(2)17-15(19)9-14-6-4-3-5-13(14)7-8-16/h3-6,11-12,18H,7,9-10H2,1-2H3,(H,17,19). The van der Waals surface area contributed by atoms with Crippen molar-refractivity contribution in [3.8, 4) is 6.07 Å². The highest BCUT2D eigenvalue weighted by Crippen LogP contribution is 2.10. The maximum Gasteiger partial charge on any atom is 0.224 e. The second kappa shape index (κ2) is 7.55. The minimum atomic E-state index is -0.0850. The van der Waals surface area contributed by atoms with Crippen LogP contribution in [-0.2, 0) is 17.6 Å². The average molecular weight is 260 g/mol. The average Bonchev–Trinajstić information content (AvgIpc) is 2.40. The van der Waals surface area contributed by atoms with Crippen molar-refractivity contribution in [2.24, 2.45) is 5.92 Å². The number of benzene rings is 1. The van der Waals surface area contributed by atoms with Gasteiger partial charge in [0.05, 0.1) is 18.9 Å². The third-order valence-corrected chi connectivity index (χ3v) is 3.27. The zero-order valence-corrected chi connectivity index (χ0v) is 11.4. The summed E-state index contributed by atoms with van der Waals surface area (Å²) >= 11 is 0. The number of aliphatic hydroxyl groups excluding tert-OH is 1. The Kier molecular flexibility index (Phi) is 6.04. The van der Waals surface area contributed by atoms with Gasteiger partial charge in [-0.05, 0) is 24.0 Å². The van der Waals surface area contributed by atoms with Crippen LogP contribution in [0.4, 0.5) is 0 Å². The lowest BCUT2D eigenvalue weighted by Crippen LogP contribution is -2.39. The minimum absolute atomic E-state index is 0.0262. The highest BCUT2D eigenvalue weighted by atomic mass is 16.3. The van der Waals surface area contributed by atoms with Gasteiger partial charge in [0, 0.05) is 12.6 Å². The molecule has 0 aliphatic rings. The van der Waals surface area contributed by atoms with Crippen molar-refractivity contribution in [2.45, 2.75) is 32.7 Å². The summed E-state index contributed by atoms with van der Waals surface area (Å²) in [4.78, 5) is 11.9. The van der Waals surface area contributed by atoms with E-state index in [0.29, 0.717) is 6.42 Å². The number of carbonyl (C=O) groups is 1. The first-order valence-electron chi connectivity index (χ1n) is 6.42. The van der Waals surface area contributed by atoms with Crippen LogP contribution in [0, 0.1) is 17.2 Å². The predicted molar refractivity (Wildman–Crippen MR) is 73.3 cm³/mol. The van der Waals surface area contributed by atoms with E-state index in [0.717, 1.165) is 11.1 Å². The zero-order valence-electron chi connectivity index (χ0n) is 11.4. The summed E-state index contributed by atoms with van der Waals surface area (Å²) in [6, 6.07) is 9.50. The fraction of sp³-hybridized carbons (Fsp3) is 0.467. The number of nitrogens with zero attached hydrogens (tertiary/aromatic N) is 1. The Bertz CT molecular complexity index is 465. The van der Waals surface area contributed by atoms with Crippen molar-refractivity contribution in [3.05, 3.63) is 35.4 Å². The normalized spacial score (nSPS) is 13.4. The van der Waals surface area contributed by atoms with E-state index in [9.17, 15) is 4.79 Å². The number of hydrogen-bond donors (Lipinski definition) is 2. The van der Waals surface area contributed by atoms with Crippen LogP contribution in [0.2, 0.25) is 0 Å². The molecule has 4 nitrogen and oxygen atoms in total. The molecule has 1 amide bonds. The molecule has 0 fully saturated rings. The van der Waals surface area contributed by atoms with Gasteiger partial charge in [0.15, 0.2) is 0 Å². The zero-order chi connectivity index (χ0) is 14.3. The first-order chi connectivity index (χ1) is 9.08. The second-order valence-corrected chi connectivity index (χ2v) is 4.80. The molecule has 0 aliphatic heterocycles. The Labute approximate surface area is 114 Å². The topological polar surface area (TPSA) is 73.1 Å². The molecule has 19 heavy (non-hydrogen) atoms. The number of nitriles is 1. The number of hydrogen-bond acceptors (Lipinski definition) is 3. The van der Waals surface area contributed by atoms with E-state index in [4.69, 9.17) is 10.4 Å². The lowest BCUT2D eigenvalue weighted by Gasteiger charge is -2.19. The Morgan fingerprint density at radius 2 is 2.00 bits per heavy atom. The molecule has 0 aliphatic carbocycles. The molecule has 0 radical (unpaired) electrons. The molecule has 2 N–H and O–H groups in total. The van der Waals surface area contributed by atoms with Gasteiger partial charge in [0.2, 0.25) is 5.91 Å². The van der Waals surface area contributed by atoms with Crippen molar-refractivity contribution < 1.29 is 9.90 Å². The highest BCUT2D eigenvalue weighted by Gasteiger charge is 2.14. The Hall–Kier alpha value is -1.86. The van der Waals surface area contributed by atoms with Gasteiger partial charge < -0.3 is 10.4 Å². The minimum Gasteiger partial charge on any atom is -0.396 e. The Morgan fingerprint density at radius 3 is 2.58 bits per heavy atom. The van der Waals surface area contributed by atoms with Crippen LogP contribution in [0.5, 0.6) is 0 Å². The molecule has 4 heteroatoms. The smallest absolute Gasteiger partial charge is 0.224 e. The predicted octanol–water partition coefficient (Wildman–Crippen LogP) is 1.43. The number of rotatable bonds is 6. The number of carbonyl (C=O) groups excluding carboxylic acids is 1. The third kappa shape index (κ3) is 4.72. The van der Waals surface area contributed by atoms with Crippen molar-refractivity contribution in [3.63, 3.8) is 0 Å². The molecule has 0 spiro atoms. The van der Waals surface area contributed by atoms with Gasteiger partial charge in [-0.1, -0.05) is 31.2 Å². The third-order valence-electron chi connectivity index (χ3n) is 3.27. The summed E-state index contributed by atoms with van der Waals surface area (Å²) in [5, 5.41) is 20.7. The quantitative estimate of drug-likeness (QED) is 0.812. The highest BCUT2D eigenvalue weighted by molar-refractivity contribution is 5.79. The van der Waals surface area contributed by atoms with E-state index in [1.54, 1.807) is 0 Å². The van der Waals surface area contributed by atoms with Crippen LogP contribution in [0.15, 0.2) is 24.3 Å². The molecule has 2 unspecified atom stereocenters. The summed E-state index contributed by atoms with van der Waals surface area (Å²) in [6.45, 7) is 3.81.